The summed E-state index contributed by atoms with van der Waals surface area (Å²) in [5.41, 5.74) is 1.77. The molecule has 0 atom stereocenters. The SMILES string of the molecule is O=c1[nH]c(-c2ncc(Cl)cc2Cl)nc2c1CCNC2. The van der Waals surface area contributed by atoms with Crippen molar-refractivity contribution in [2.45, 2.75) is 13.0 Å². The highest BCUT2D eigenvalue weighted by atomic mass is 35.5. The van der Waals surface area contributed by atoms with Gasteiger partial charge in [0.1, 0.15) is 5.69 Å². The first-order valence-corrected chi connectivity index (χ1v) is 6.55. The third kappa shape index (κ3) is 2.36. The zero-order valence-electron chi connectivity index (χ0n) is 9.83. The lowest BCUT2D eigenvalue weighted by atomic mass is 10.1. The Labute approximate surface area is 119 Å². The van der Waals surface area contributed by atoms with Crippen LogP contribution in [0.1, 0.15) is 11.3 Å². The summed E-state index contributed by atoms with van der Waals surface area (Å²) < 4.78 is 0. The fraction of sp³-hybridized carbons (Fsp3) is 0.250. The normalized spacial score (nSPS) is 14.2. The molecular weight excluding hydrogens is 287 g/mol. The van der Waals surface area contributed by atoms with Gasteiger partial charge in [0.25, 0.3) is 5.56 Å². The molecule has 3 heterocycles. The van der Waals surface area contributed by atoms with Crippen LogP contribution in [0.2, 0.25) is 10.0 Å². The summed E-state index contributed by atoms with van der Waals surface area (Å²) in [6.07, 6.45) is 2.15. The average Bonchev–Trinajstić information content (AvgIpc) is 2.38. The Kier molecular flexibility index (Phi) is 3.26. The van der Waals surface area contributed by atoms with Gasteiger partial charge in [0.05, 0.1) is 15.7 Å². The van der Waals surface area contributed by atoms with Gasteiger partial charge in [-0.3, -0.25) is 4.79 Å². The molecule has 7 heteroatoms. The number of nitrogens with zero attached hydrogens (tertiary/aromatic N) is 2. The van der Waals surface area contributed by atoms with Gasteiger partial charge in [0.2, 0.25) is 0 Å². The van der Waals surface area contributed by atoms with Gasteiger partial charge in [-0.15, -0.1) is 0 Å². The van der Waals surface area contributed by atoms with Crippen LogP contribution in [0.25, 0.3) is 11.5 Å². The lowest BCUT2D eigenvalue weighted by Gasteiger charge is -2.15. The molecule has 2 N–H and O–H groups in total. The molecule has 0 saturated heterocycles. The molecule has 0 aromatic carbocycles. The lowest BCUT2D eigenvalue weighted by molar-refractivity contribution is 0.619. The Morgan fingerprint density at radius 1 is 1.32 bits per heavy atom. The van der Waals surface area contributed by atoms with Crippen LogP contribution in [0.15, 0.2) is 17.1 Å². The van der Waals surface area contributed by atoms with Gasteiger partial charge in [-0.2, -0.15) is 0 Å². The second kappa shape index (κ2) is 4.92. The van der Waals surface area contributed by atoms with Gasteiger partial charge in [-0.1, -0.05) is 23.2 Å². The standard InChI is InChI=1S/C12H10Cl2N4O/c13-6-3-8(14)10(16-4-6)11-17-9-5-15-2-1-7(9)12(19)18-11/h3-4,15H,1-2,5H2,(H,17,18,19). The molecule has 5 nitrogen and oxygen atoms in total. The van der Waals surface area contributed by atoms with Crippen LogP contribution in [0.5, 0.6) is 0 Å². The minimum atomic E-state index is -0.130. The van der Waals surface area contributed by atoms with E-state index in [1.54, 1.807) is 6.07 Å². The maximum absolute atomic E-state index is 12.0. The van der Waals surface area contributed by atoms with Crippen LogP contribution in [0.3, 0.4) is 0 Å². The quantitative estimate of drug-likeness (QED) is 0.842. The van der Waals surface area contributed by atoms with Gasteiger partial charge in [-0.05, 0) is 19.0 Å². The summed E-state index contributed by atoms with van der Waals surface area (Å²) in [6, 6.07) is 1.57. The summed E-state index contributed by atoms with van der Waals surface area (Å²) in [6.45, 7) is 1.37. The van der Waals surface area contributed by atoms with Crippen molar-refractivity contribution in [1.82, 2.24) is 20.3 Å². The van der Waals surface area contributed by atoms with E-state index < -0.39 is 0 Å². The molecule has 2 aromatic heterocycles. The van der Waals surface area contributed by atoms with E-state index >= 15 is 0 Å². The third-order valence-corrected chi connectivity index (χ3v) is 3.47. The summed E-state index contributed by atoms with van der Waals surface area (Å²) in [5.74, 6) is 0.370. The summed E-state index contributed by atoms with van der Waals surface area (Å²) in [4.78, 5) is 23.3. The molecule has 0 amide bonds. The van der Waals surface area contributed by atoms with Crippen LogP contribution < -0.4 is 10.9 Å². The molecule has 0 saturated carbocycles. The van der Waals surface area contributed by atoms with Crippen molar-refractivity contribution >= 4 is 23.2 Å². The van der Waals surface area contributed by atoms with E-state index in [9.17, 15) is 4.79 Å². The van der Waals surface area contributed by atoms with Crippen LogP contribution in [0.4, 0.5) is 0 Å². The zero-order valence-corrected chi connectivity index (χ0v) is 11.3. The number of pyridine rings is 1. The van der Waals surface area contributed by atoms with Crippen LogP contribution >= 0.6 is 23.2 Å². The van der Waals surface area contributed by atoms with Gasteiger partial charge in [0.15, 0.2) is 5.82 Å². The second-order valence-corrected chi connectivity index (χ2v) is 5.09. The predicted molar refractivity (Wildman–Crippen MR) is 73.5 cm³/mol. The zero-order chi connectivity index (χ0) is 13.4. The Morgan fingerprint density at radius 3 is 2.95 bits per heavy atom. The number of hydrogen-bond donors (Lipinski definition) is 2. The number of hydrogen-bond acceptors (Lipinski definition) is 4. The molecule has 1 aliphatic heterocycles. The molecule has 98 valence electrons. The van der Waals surface area contributed by atoms with Crippen molar-refractivity contribution in [2.24, 2.45) is 0 Å². The number of H-pyrrole nitrogens is 1. The molecule has 0 bridgehead atoms. The van der Waals surface area contributed by atoms with E-state index in [0.717, 1.165) is 17.8 Å². The van der Waals surface area contributed by atoms with E-state index in [1.165, 1.54) is 6.20 Å². The second-order valence-electron chi connectivity index (χ2n) is 4.25. The van der Waals surface area contributed by atoms with E-state index in [2.05, 4.69) is 20.3 Å². The molecule has 19 heavy (non-hydrogen) atoms. The Morgan fingerprint density at radius 2 is 2.16 bits per heavy atom. The lowest BCUT2D eigenvalue weighted by Crippen LogP contribution is -2.31. The summed E-state index contributed by atoms with van der Waals surface area (Å²) in [7, 11) is 0. The molecule has 3 rings (SSSR count). The van der Waals surface area contributed by atoms with E-state index in [1.807, 2.05) is 0 Å². The maximum atomic E-state index is 12.0. The van der Waals surface area contributed by atoms with Crippen molar-refractivity contribution in [3.05, 3.63) is 43.9 Å². The van der Waals surface area contributed by atoms with Crippen molar-refractivity contribution in [3.63, 3.8) is 0 Å². The molecule has 0 fully saturated rings. The monoisotopic (exact) mass is 296 g/mol. The van der Waals surface area contributed by atoms with E-state index in [0.29, 0.717) is 34.5 Å². The maximum Gasteiger partial charge on any atom is 0.254 e. The topological polar surface area (TPSA) is 70.7 Å². The number of nitrogens with one attached hydrogen (secondary N) is 2. The Hall–Kier alpha value is -1.43. The third-order valence-electron chi connectivity index (χ3n) is 2.98. The Bertz CT molecular complexity index is 699. The molecule has 0 spiro atoms. The number of halogens is 2. The summed E-state index contributed by atoms with van der Waals surface area (Å²) >= 11 is 11.9. The van der Waals surface area contributed by atoms with Crippen molar-refractivity contribution in [1.29, 1.82) is 0 Å². The minimum Gasteiger partial charge on any atom is -0.311 e. The predicted octanol–water partition coefficient (Wildman–Crippen LogP) is 1.78. The van der Waals surface area contributed by atoms with Crippen molar-refractivity contribution in [2.75, 3.05) is 6.54 Å². The van der Waals surface area contributed by atoms with E-state index in [4.69, 9.17) is 23.2 Å². The molecule has 0 unspecified atom stereocenters. The molecule has 0 radical (unpaired) electrons. The van der Waals surface area contributed by atoms with Crippen LogP contribution in [0, 0.1) is 0 Å². The highest BCUT2D eigenvalue weighted by Gasteiger charge is 2.17. The van der Waals surface area contributed by atoms with Gasteiger partial charge < -0.3 is 10.3 Å². The van der Waals surface area contributed by atoms with E-state index in [-0.39, 0.29) is 5.56 Å². The number of aromatic nitrogens is 3. The first-order valence-electron chi connectivity index (χ1n) is 5.79. The van der Waals surface area contributed by atoms with Crippen LogP contribution in [-0.4, -0.2) is 21.5 Å². The Balaban J connectivity index is 2.15. The highest BCUT2D eigenvalue weighted by Crippen LogP contribution is 2.25. The minimum absolute atomic E-state index is 0.130. The van der Waals surface area contributed by atoms with Crippen LogP contribution in [-0.2, 0) is 13.0 Å². The fourth-order valence-electron chi connectivity index (χ4n) is 2.07. The van der Waals surface area contributed by atoms with Gasteiger partial charge in [0, 0.05) is 18.3 Å². The first kappa shape index (κ1) is 12.6. The molecule has 2 aromatic rings. The van der Waals surface area contributed by atoms with Crippen molar-refractivity contribution < 1.29 is 0 Å². The average molecular weight is 297 g/mol. The highest BCUT2D eigenvalue weighted by molar-refractivity contribution is 6.35. The number of fused-ring (bicyclic) bond motifs is 1. The fourth-order valence-corrected chi connectivity index (χ4v) is 2.54. The first-order chi connectivity index (χ1) is 9.15. The molecule has 0 aliphatic carbocycles. The van der Waals surface area contributed by atoms with Crippen molar-refractivity contribution in [3.8, 4) is 11.5 Å². The molecular formula is C12H10Cl2N4O. The number of rotatable bonds is 1. The number of aromatic amines is 1. The largest absolute Gasteiger partial charge is 0.311 e. The summed E-state index contributed by atoms with van der Waals surface area (Å²) in [5, 5.41) is 3.98. The van der Waals surface area contributed by atoms with Gasteiger partial charge >= 0.3 is 0 Å². The smallest absolute Gasteiger partial charge is 0.254 e. The molecule has 1 aliphatic rings. The van der Waals surface area contributed by atoms with Gasteiger partial charge in [-0.25, -0.2) is 9.97 Å².